The quantitative estimate of drug-likeness (QED) is 0.785. The van der Waals surface area contributed by atoms with Crippen LogP contribution in [-0.2, 0) is 0 Å². The van der Waals surface area contributed by atoms with Crippen LogP contribution < -0.4 is 10.1 Å². The van der Waals surface area contributed by atoms with Crippen LogP contribution in [0.1, 0.15) is 41.8 Å². The number of nitrogens with zero attached hydrogens (tertiary/aromatic N) is 1. The summed E-state index contributed by atoms with van der Waals surface area (Å²) in [6.07, 6.45) is 0.942. The van der Waals surface area contributed by atoms with E-state index < -0.39 is 0 Å². The molecule has 1 heterocycles. The van der Waals surface area contributed by atoms with Gasteiger partial charge in [-0.25, -0.2) is 0 Å². The molecule has 1 fully saturated rings. The lowest BCUT2D eigenvalue weighted by atomic mass is 9.94. The monoisotopic (exact) mass is 318 g/mol. The maximum absolute atomic E-state index is 13.0. The Morgan fingerprint density at radius 2 is 2.00 bits per heavy atom. The van der Waals surface area contributed by atoms with Crippen LogP contribution >= 0.6 is 0 Å². The molecule has 1 aromatic carbocycles. The standard InChI is InChI=1S/C19H30N2O2/c1-5-10-23-19-15(3)11-14(2)12-17(19)18(22)16(4)13-21-8-6-20-7-9-21/h11-12,16,20H,5-10,13H2,1-4H3. The van der Waals surface area contributed by atoms with Crippen LogP contribution in [0, 0.1) is 19.8 Å². The molecule has 1 aliphatic rings. The van der Waals surface area contributed by atoms with Crippen molar-refractivity contribution in [1.82, 2.24) is 10.2 Å². The lowest BCUT2D eigenvalue weighted by molar-refractivity contribution is 0.0883. The van der Waals surface area contributed by atoms with Crippen molar-refractivity contribution in [3.05, 3.63) is 28.8 Å². The summed E-state index contributed by atoms with van der Waals surface area (Å²) in [5.74, 6) is 0.953. The van der Waals surface area contributed by atoms with E-state index in [9.17, 15) is 4.79 Å². The smallest absolute Gasteiger partial charge is 0.170 e. The van der Waals surface area contributed by atoms with Crippen molar-refractivity contribution in [2.24, 2.45) is 5.92 Å². The Kier molecular flexibility index (Phi) is 6.60. The number of ether oxygens (including phenoxy) is 1. The molecule has 0 amide bonds. The van der Waals surface area contributed by atoms with E-state index in [1.165, 1.54) is 0 Å². The van der Waals surface area contributed by atoms with Gasteiger partial charge in [0, 0.05) is 38.6 Å². The summed E-state index contributed by atoms with van der Waals surface area (Å²) in [5.41, 5.74) is 2.92. The highest BCUT2D eigenvalue weighted by atomic mass is 16.5. The number of hydrogen-bond donors (Lipinski definition) is 1. The van der Waals surface area contributed by atoms with Crippen molar-refractivity contribution in [3.8, 4) is 5.75 Å². The number of hydrogen-bond acceptors (Lipinski definition) is 4. The first kappa shape index (κ1) is 18.0. The molecule has 1 N–H and O–H groups in total. The maximum atomic E-state index is 13.0. The van der Waals surface area contributed by atoms with Crippen LogP contribution in [0.25, 0.3) is 0 Å². The first-order valence-corrected chi connectivity index (χ1v) is 8.74. The fraction of sp³-hybridized carbons (Fsp3) is 0.632. The highest BCUT2D eigenvalue weighted by molar-refractivity contribution is 6.00. The third-order valence-electron chi connectivity index (χ3n) is 4.32. The molecule has 0 bridgehead atoms. The first-order valence-electron chi connectivity index (χ1n) is 8.74. The first-order chi connectivity index (χ1) is 11.0. The lowest BCUT2D eigenvalue weighted by Gasteiger charge is -2.29. The fourth-order valence-corrected chi connectivity index (χ4v) is 3.16. The second-order valence-electron chi connectivity index (χ2n) is 6.62. The number of nitrogens with one attached hydrogen (secondary N) is 1. The van der Waals surface area contributed by atoms with Gasteiger partial charge in [-0.15, -0.1) is 0 Å². The fourth-order valence-electron chi connectivity index (χ4n) is 3.16. The Balaban J connectivity index is 2.15. The van der Waals surface area contributed by atoms with E-state index >= 15 is 0 Å². The molecule has 0 aliphatic carbocycles. The van der Waals surface area contributed by atoms with Gasteiger partial charge >= 0.3 is 0 Å². The summed E-state index contributed by atoms with van der Waals surface area (Å²) in [6, 6.07) is 4.07. The minimum Gasteiger partial charge on any atom is -0.493 e. The zero-order chi connectivity index (χ0) is 16.8. The number of ketones is 1. The number of Topliss-reactive ketones (excluding diaryl/α,β-unsaturated/α-hetero) is 1. The molecule has 1 aliphatic heterocycles. The number of aryl methyl sites for hydroxylation is 2. The Morgan fingerprint density at radius 3 is 2.65 bits per heavy atom. The van der Waals surface area contributed by atoms with Gasteiger partial charge in [0.25, 0.3) is 0 Å². The van der Waals surface area contributed by atoms with Crippen molar-refractivity contribution in [1.29, 1.82) is 0 Å². The highest BCUT2D eigenvalue weighted by Crippen LogP contribution is 2.28. The van der Waals surface area contributed by atoms with Crippen LogP contribution in [0.5, 0.6) is 5.75 Å². The normalized spacial score (nSPS) is 17.0. The minimum absolute atomic E-state index is 0.0155. The van der Waals surface area contributed by atoms with Gasteiger partial charge in [-0.05, 0) is 37.5 Å². The van der Waals surface area contributed by atoms with Gasteiger partial charge in [-0.1, -0.05) is 19.9 Å². The Hall–Kier alpha value is -1.39. The Morgan fingerprint density at radius 1 is 1.30 bits per heavy atom. The second-order valence-corrected chi connectivity index (χ2v) is 6.62. The van der Waals surface area contributed by atoms with Crippen molar-refractivity contribution >= 4 is 5.78 Å². The summed E-state index contributed by atoms with van der Waals surface area (Å²) in [5, 5.41) is 3.35. The van der Waals surface area contributed by atoms with Gasteiger partial charge in [-0.3, -0.25) is 4.79 Å². The molecule has 1 unspecified atom stereocenters. The SMILES string of the molecule is CCCOc1c(C)cc(C)cc1C(=O)C(C)CN1CCNCC1. The topological polar surface area (TPSA) is 41.6 Å². The molecular formula is C19H30N2O2. The van der Waals surface area contributed by atoms with Crippen LogP contribution in [0.4, 0.5) is 0 Å². The molecular weight excluding hydrogens is 288 g/mol. The van der Waals surface area contributed by atoms with E-state index in [0.29, 0.717) is 6.61 Å². The van der Waals surface area contributed by atoms with E-state index in [1.807, 2.05) is 26.8 Å². The zero-order valence-electron chi connectivity index (χ0n) is 14.9. The molecule has 0 aromatic heterocycles. The summed E-state index contributed by atoms with van der Waals surface area (Å²) < 4.78 is 5.89. The van der Waals surface area contributed by atoms with E-state index in [2.05, 4.69) is 23.2 Å². The zero-order valence-corrected chi connectivity index (χ0v) is 14.9. The van der Waals surface area contributed by atoms with Gasteiger partial charge in [0.1, 0.15) is 5.75 Å². The average Bonchev–Trinajstić information content (AvgIpc) is 2.53. The maximum Gasteiger partial charge on any atom is 0.170 e. The number of carbonyl (C=O) groups excluding carboxylic acids is 1. The molecule has 2 rings (SSSR count). The van der Waals surface area contributed by atoms with Crippen molar-refractivity contribution in [2.45, 2.75) is 34.1 Å². The van der Waals surface area contributed by atoms with Gasteiger partial charge in [-0.2, -0.15) is 0 Å². The molecule has 1 saturated heterocycles. The van der Waals surface area contributed by atoms with Gasteiger partial charge in [0.15, 0.2) is 5.78 Å². The lowest BCUT2D eigenvalue weighted by Crippen LogP contribution is -2.45. The van der Waals surface area contributed by atoms with Gasteiger partial charge < -0.3 is 15.0 Å². The second kappa shape index (κ2) is 8.46. The predicted octanol–water partition coefficient (Wildman–Crippen LogP) is 2.82. The Labute approximate surface area is 140 Å². The highest BCUT2D eigenvalue weighted by Gasteiger charge is 2.23. The summed E-state index contributed by atoms with van der Waals surface area (Å²) in [7, 11) is 0. The van der Waals surface area contributed by atoms with Crippen LogP contribution in [0.15, 0.2) is 12.1 Å². The van der Waals surface area contributed by atoms with Gasteiger partial charge in [0.2, 0.25) is 0 Å². The molecule has 4 nitrogen and oxygen atoms in total. The third kappa shape index (κ3) is 4.79. The predicted molar refractivity (Wildman–Crippen MR) is 94.5 cm³/mol. The average molecular weight is 318 g/mol. The van der Waals surface area contributed by atoms with E-state index in [-0.39, 0.29) is 11.7 Å². The molecule has 0 radical (unpaired) electrons. The number of benzene rings is 1. The molecule has 0 spiro atoms. The van der Waals surface area contributed by atoms with E-state index in [1.54, 1.807) is 0 Å². The summed E-state index contributed by atoms with van der Waals surface area (Å²) in [6.45, 7) is 13.7. The van der Waals surface area contributed by atoms with E-state index in [0.717, 1.165) is 61.6 Å². The molecule has 0 saturated carbocycles. The van der Waals surface area contributed by atoms with Crippen LogP contribution in [0.2, 0.25) is 0 Å². The number of carbonyl (C=O) groups is 1. The largest absolute Gasteiger partial charge is 0.493 e. The molecule has 1 atom stereocenters. The summed E-state index contributed by atoms with van der Waals surface area (Å²) in [4.78, 5) is 15.4. The van der Waals surface area contributed by atoms with Gasteiger partial charge in [0.05, 0.1) is 12.2 Å². The Bertz CT molecular complexity index is 536. The van der Waals surface area contributed by atoms with Crippen molar-refractivity contribution < 1.29 is 9.53 Å². The molecule has 128 valence electrons. The number of piperazine rings is 1. The van der Waals surface area contributed by atoms with Crippen LogP contribution in [0.3, 0.4) is 0 Å². The van der Waals surface area contributed by atoms with Crippen molar-refractivity contribution in [3.63, 3.8) is 0 Å². The minimum atomic E-state index is -0.0155. The van der Waals surface area contributed by atoms with Crippen LogP contribution in [-0.4, -0.2) is 50.0 Å². The molecule has 4 heteroatoms. The number of rotatable bonds is 7. The third-order valence-corrected chi connectivity index (χ3v) is 4.32. The molecule has 23 heavy (non-hydrogen) atoms. The molecule has 1 aromatic rings. The van der Waals surface area contributed by atoms with Crippen molar-refractivity contribution in [2.75, 3.05) is 39.3 Å². The van der Waals surface area contributed by atoms with E-state index in [4.69, 9.17) is 4.74 Å². The summed E-state index contributed by atoms with van der Waals surface area (Å²) >= 11 is 0.